The molecule has 10 heteroatoms. The largest absolute Gasteiger partial charge is 0.573 e. The van der Waals surface area contributed by atoms with Gasteiger partial charge in [0.25, 0.3) is 5.56 Å². The van der Waals surface area contributed by atoms with Crippen molar-refractivity contribution in [2.75, 3.05) is 0 Å². The second kappa shape index (κ2) is 7.29. The summed E-state index contributed by atoms with van der Waals surface area (Å²) in [6.07, 6.45) is -0.319. The molecule has 0 aliphatic heterocycles. The molecule has 1 aromatic carbocycles. The van der Waals surface area contributed by atoms with Crippen LogP contribution in [0.4, 0.5) is 13.2 Å². The Labute approximate surface area is 168 Å². The first kappa shape index (κ1) is 19.6. The molecule has 0 unspecified atom stereocenters. The minimum absolute atomic E-state index is 0.0157. The van der Waals surface area contributed by atoms with Crippen LogP contribution in [-0.4, -0.2) is 25.9 Å². The Morgan fingerprint density at radius 3 is 2.69 bits per heavy atom. The van der Waals surface area contributed by atoms with Crippen LogP contribution >= 0.6 is 11.6 Å². The molecule has 0 amide bonds. The molecule has 0 spiro atoms. The summed E-state index contributed by atoms with van der Waals surface area (Å²) in [5.74, 6) is 0.192. The van der Waals surface area contributed by atoms with Crippen LogP contribution in [0.5, 0.6) is 5.75 Å². The smallest absolute Gasteiger partial charge is 0.406 e. The molecule has 152 valence electrons. The van der Waals surface area contributed by atoms with E-state index in [-0.39, 0.29) is 16.3 Å². The standard InChI is InChI=1S/C19H16ClF3N4O2/c1-10-18(28)27(7-6-11-2-3-11)17-16(26-10)15(24-9-25-17)13-5-4-12(8-14(13)20)29-19(21,22)23/h4-5,8-9,11H,2-3,6-7H2,1H3. The van der Waals surface area contributed by atoms with Gasteiger partial charge in [-0.2, -0.15) is 0 Å². The van der Waals surface area contributed by atoms with Crippen LogP contribution in [-0.2, 0) is 6.54 Å². The fourth-order valence-electron chi connectivity index (χ4n) is 3.18. The third-order valence-electron chi connectivity index (χ3n) is 4.78. The van der Waals surface area contributed by atoms with E-state index in [1.807, 2.05) is 0 Å². The highest BCUT2D eigenvalue weighted by Crippen LogP contribution is 2.35. The van der Waals surface area contributed by atoms with E-state index in [1.165, 1.54) is 25.2 Å². The number of rotatable bonds is 5. The molecule has 0 atom stereocenters. The number of benzene rings is 1. The van der Waals surface area contributed by atoms with Gasteiger partial charge in [-0.3, -0.25) is 9.36 Å². The zero-order chi connectivity index (χ0) is 20.8. The van der Waals surface area contributed by atoms with Crippen molar-refractivity contribution in [3.63, 3.8) is 0 Å². The zero-order valence-electron chi connectivity index (χ0n) is 15.3. The van der Waals surface area contributed by atoms with Gasteiger partial charge >= 0.3 is 6.36 Å². The Bertz CT molecular complexity index is 1140. The highest BCUT2D eigenvalue weighted by Gasteiger charge is 2.31. The molecule has 2 heterocycles. The molecule has 6 nitrogen and oxygen atoms in total. The van der Waals surface area contributed by atoms with E-state index in [4.69, 9.17) is 11.6 Å². The lowest BCUT2D eigenvalue weighted by Gasteiger charge is -2.13. The van der Waals surface area contributed by atoms with Gasteiger partial charge < -0.3 is 4.74 Å². The molecule has 1 fully saturated rings. The van der Waals surface area contributed by atoms with Crippen LogP contribution < -0.4 is 10.3 Å². The molecular formula is C19H16ClF3N4O2. The van der Waals surface area contributed by atoms with Crippen LogP contribution in [0.15, 0.2) is 29.3 Å². The topological polar surface area (TPSA) is 69.9 Å². The van der Waals surface area contributed by atoms with Crippen LogP contribution in [0, 0.1) is 12.8 Å². The van der Waals surface area contributed by atoms with Crippen LogP contribution in [0.2, 0.25) is 5.02 Å². The van der Waals surface area contributed by atoms with Crippen molar-refractivity contribution in [3.8, 4) is 17.0 Å². The third kappa shape index (κ3) is 4.19. The molecule has 2 aromatic heterocycles. The predicted octanol–water partition coefficient (Wildman–Crippen LogP) is 4.51. The number of alkyl halides is 3. The van der Waals surface area contributed by atoms with Crippen LogP contribution in [0.1, 0.15) is 25.0 Å². The van der Waals surface area contributed by atoms with Crippen molar-refractivity contribution < 1.29 is 17.9 Å². The van der Waals surface area contributed by atoms with E-state index in [0.29, 0.717) is 34.9 Å². The molecule has 0 bridgehead atoms. The lowest BCUT2D eigenvalue weighted by Crippen LogP contribution is -2.25. The van der Waals surface area contributed by atoms with E-state index in [0.717, 1.165) is 18.6 Å². The number of fused-ring (bicyclic) bond motifs is 1. The van der Waals surface area contributed by atoms with Crippen molar-refractivity contribution in [1.82, 2.24) is 19.5 Å². The fourth-order valence-corrected chi connectivity index (χ4v) is 3.44. The number of hydrogen-bond donors (Lipinski definition) is 0. The first-order valence-electron chi connectivity index (χ1n) is 9.01. The molecule has 1 aliphatic rings. The highest BCUT2D eigenvalue weighted by molar-refractivity contribution is 6.33. The van der Waals surface area contributed by atoms with Crippen molar-refractivity contribution in [1.29, 1.82) is 0 Å². The van der Waals surface area contributed by atoms with Gasteiger partial charge in [0.15, 0.2) is 5.65 Å². The molecule has 1 aliphatic carbocycles. The van der Waals surface area contributed by atoms with E-state index in [2.05, 4.69) is 19.7 Å². The van der Waals surface area contributed by atoms with Gasteiger partial charge in [0.05, 0.1) is 5.02 Å². The Morgan fingerprint density at radius 1 is 1.28 bits per heavy atom. The van der Waals surface area contributed by atoms with E-state index in [9.17, 15) is 18.0 Å². The molecule has 1 saturated carbocycles. The van der Waals surface area contributed by atoms with Crippen LogP contribution in [0.25, 0.3) is 22.4 Å². The predicted molar refractivity (Wildman–Crippen MR) is 101 cm³/mol. The van der Waals surface area contributed by atoms with Gasteiger partial charge in [0, 0.05) is 12.1 Å². The van der Waals surface area contributed by atoms with Gasteiger partial charge in [-0.05, 0) is 37.5 Å². The quantitative estimate of drug-likeness (QED) is 0.602. The summed E-state index contributed by atoms with van der Waals surface area (Å²) in [6, 6.07) is 3.59. The van der Waals surface area contributed by atoms with Crippen molar-refractivity contribution in [2.45, 2.75) is 39.1 Å². The Morgan fingerprint density at radius 2 is 2.03 bits per heavy atom. The summed E-state index contributed by atoms with van der Waals surface area (Å²) in [6.45, 7) is 2.12. The van der Waals surface area contributed by atoms with E-state index >= 15 is 0 Å². The van der Waals surface area contributed by atoms with E-state index < -0.39 is 12.1 Å². The fraction of sp³-hybridized carbons (Fsp3) is 0.368. The van der Waals surface area contributed by atoms with Gasteiger partial charge in [-0.1, -0.05) is 24.4 Å². The normalized spacial score (nSPS) is 14.4. The summed E-state index contributed by atoms with van der Waals surface area (Å²) < 4.78 is 42.8. The van der Waals surface area contributed by atoms with Gasteiger partial charge in [-0.15, -0.1) is 13.2 Å². The lowest BCUT2D eigenvalue weighted by atomic mass is 10.1. The molecule has 0 radical (unpaired) electrons. The Hall–Kier alpha value is -2.68. The Kier molecular flexibility index (Phi) is 4.94. The highest BCUT2D eigenvalue weighted by atomic mass is 35.5. The SMILES string of the molecule is Cc1nc2c(-c3ccc(OC(F)(F)F)cc3Cl)ncnc2n(CCC2CC2)c1=O. The van der Waals surface area contributed by atoms with E-state index in [1.54, 1.807) is 11.5 Å². The second-order valence-electron chi connectivity index (χ2n) is 6.97. The maximum absolute atomic E-state index is 12.6. The van der Waals surface area contributed by atoms with Gasteiger partial charge in [0.1, 0.15) is 29.0 Å². The minimum atomic E-state index is -4.82. The third-order valence-corrected chi connectivity index (χ3v) is 5.09. The number of aromatic nitrogens is 4. The molecule has 0 N–H and O–H groups in total. The molecule has 3 aromatic rings. The first-order chi connectivity index (χ1) is 13.7. The molecular weight excluding hydrogens is 409 g/mol. The van der Waals surface area contributed by atoms with Crippen molar-refractivity contribution in [3.05, 3.63) is 45.6 Å². The monoisotopic (exact) mass is 424 g/mol. The average Bonchev–Trinajstić information content (AvgIpc) is 3.45. The van der Waals surface area contributed by atoms with Crippen LogP contribution in [0.3, 0.4) is 0 Å². The zero-order valence-corrected chi connectivity index (χ0v) is 16.1. The second-order valence-corrected chi connectivity index (χ2v) is 7.38. The number of hydrogen-bond acceptors (Lipinski definition) is 5. The summed E-state index contributed by atoms with van der Waals surface area (Å²) >= 11 is 6.21. The summed E-state index contributed by atoms with van der Waals surface area (Å²) in [4.78, 5) is 25.4. The van der Waals surface area contributed by atoms with Gasteiger partial charge in [-0.25, -0.2) is 15.0 Å². The number of halogens is 4. The molecule has 29 heavy (non-hydrogen) atoms. The lowest BCUT2D eigenvalue weighted by molar-refractivity contribution is -0.274. The maximum Gasteiger partial charge on any atom is 0.573 e. The Balaban J connectivity index is 1.81. The van der Waals surface area contributed by atoms with Gasteiger partial charge in [0.2, 0.25) is 0 Å². The molecule has 0 saturated heterocycles. The summed E-state index contributed by atoms with van der Waals surface area (Å²) in [5.41, 5.74) is 1.51. The average molecular weight is 425 g/mol. The minimum Gasteiger partial charge on any atom is -0.406 e. The number of ether oxygens (including phenoxy) is 1. The number of nitrogens with zero attached hydrogens (tertiary/aromatic N) is 4. The first-order valence-corrected chi connectivity index (χ1v) is 9.38. The molecule has 4 rings (SSSR count). The van der Waals surface area contributed by atoms with Crippen molar-refractivity contribution in [2.24, 2.45) is 5.92 Å². The maximum atomic E-state index is 12.6. The summed E-state index contributed by atoms with van der Waals surface area (Å²) in [7, 11) is 0. The van der Waals surface area contributed by atoms with Crippen molar-refractivity contribution >= 4 is 22.8 Å². The number of aryl methyl sites for hydroxylation is 2. The summed E-state index contributed by atoms with van der Waals surface area (Å²) in [5, 5.41) is 0.0157.